The molecular weight excluding hydrogens is 328 g/mol. The highest BCUT2D eigenvalue weighted by molar-refractivity contribution is 14.3. The highest BCUT2D eigenvalue weighted by atomic mass is 127. The van der Waals surface area contributed by atoms with Gasteiger partial charge in [0.25, 0.3) is 0 Å². The van der Waals surface area contributed by atoms with Gasteiger partial charge in [-0.1, -0.05) is 11.8 Å². The Morgan fingerprint density at radius 3 is 1.60 bits per heavy atom. The van der Waals surface area contributed by atoms with E-state index in [1.165, 1.54) is 0 Å². The van der Waals surface area contributed by atoms with Gasteiger partial charge in [-0.05, 0) is 44.1 Å². The average Bonchev–Trinajstić information content (AvgIpc) is 0.722. The lowest BCUT2D eigenvalue weighted by Gasteiger charge is -1.86. The van der Waals surface area contributed by atoms with Crippen LogP contribution in [0.1, 0.15) is 0 Å². The lowest BCUT2D eigenvalue weighted by Crippen LogP contribution is -1.38. The van der Waals surface area contributed by atoms with Gasteiger partial charge in [0.05, 0.1) is 0 Å². The van der Waals surface area contributed by atoms with Crippen LogP contribution in [0.3, 0.4) is 0 Å². The second kappa shape index (κ2) is 2.47. The molecule has 0 N–H and O–H groups in total. The largest absolute Gasteiger partial charge is 0.151 e. The number of hydrogen-bond acceptors (Lipinski definition) is 1. The van der Waals surface area contributed by atoms with Crippen LogP contribution in [0.4, 0.5) is 0 Å². The summed E-state index contributed by atoms with van der Waals surface area (Å²) < 4.78 is -1.37. The molecule has 0 nitrogen and oxygen atoms in total. The normalized spacial score (nSPS) is 11.6. The minimum absolute atomic E-state index is 1.37. The van der Waals surface area contributed by atoms with Gasteiger partial charge in [-0.15, -0.1) is 0 Å². The Morgan fingerprint density at radius 2 is 1.60 bits per heavy atom. The van der Waals surface area contributed by atoms with Gasteiger partial charge >= 0.3 is 0 Å². The van der Waals surface area contributed by atoms with Crippen LogP contribution < -0.4 is 0 Å². The summed E-state index contributed by atoms with van der Waals surface area (Å²) in [6.45, 7) is 0. The molecule has 0 atom stereocenters. The topological polar surface area (TPSA) is 0 Å². The number of rotatable bonds is 0. The first-order valence-electron chi connectivity index (χ1n) is 0.779. The molecule has 0 aliphatic heterocycles. The van der Waals surface area contributed by atoms with Crippen molar-refractivity contribution >= 4 is 64.7 Å². The summed E-state index contributed by atoms with van der Waals surface area (Å²) in [5, 5.41) is 0. The zero-order valence-corrected chi connectivity index (χ0v) is 8.21. The maximum absolute atomic E-state index is 5.25. The molecule has 5 heavy (non-hydrogen) atoms. The Labute approximate surface area is 63.8 Å². The van der Waals surface area contributed by atoms with Crippen LogP contribution in [0.25, 0.3) is 0 Å². The molecule has 0 saturated heterocycles. The Bertz CT molecular complexity index is 55.8. The minimum Gasteiger partial charge on any atom is -0.0870 e. The molecule has 0 unspecified atom stereocenters. The van der Waals surface area contributed by atoms with E-state index in [2.05, 4.69) is 55.9 Å². The first-order valence-corrected chi connectivity index (χ1v) is 9.22. The van der Waals surface area contributed by atoms with Crippen LogP contribution in [-0.2, 0) is 11.8 Å². The first-order chi connectivity index (χ1) is 2.00. The van der Waals surface area contributed by atoms with Crippen LogP contribution in [0.5, 0.6) is 0 Å². The van der Waals surface area contributed by atoms with Crippen molar-refractivity contribution in [3.05, 3.63) is 0 Å². The van der Waals surface area contributed by atoms with Crippen LogP contribution in [0, 0.1) is 0 Å². The lowest BCUT2D eigenvalue weighted by atomic mass is 10.8. The van der Waals surface area contributed by atoms with Crippen molar-refractivity contribution < 1.29 is 0 Å². The minimum atomic E-state index is -1.37. The fourth-order valence-electron chi connectivity index (χ4n) is 0. The summed E-state index contributed by atoms with van der Waals surface area (Å²) >= 11 is 8.82. The lowest BCUT2D eigenvalue weighted by molar-refractivity contribution is 5.05. The van der Waals surface area contributed by atoms with Crippen molar-refractivity contribution in [2.45, 2.75) is 0 Å². The molecule has 0 heterocycles. The Balaban J connectivity index is 3.47. The fourth-order valence-corrected chi connectivity index (χ4v) is 0. The molecule has 0 bridgehead atoms. The summed E-state index contributed by atoms with van der Waals surface area (Å²) in [6, 6.07) is 0. The van der Waals surface area contributed by atoms with Crippen molar-refractivity contribution in [2.75, 3.05) is 0 Å². The summed E-state index contributed by atoms with van der Waals surface area (Å²) in [5.41, 5.74) is 0. The van der Waals surface area contributed by atoms with E-state index in [4.69, 9.17) is 7.57 Å². The molecule has 0 aromatic carbocycles. The third-order valence-corrected chi connectivity index (χ3v) is 0. The molecule has 0 rings (SSSR count). The van der Waals surface area contributed by atoms with E-state index in [9.17, 15) is 0 Å². The molecule has 0 aromatic heterocycles. The Morgan fingerprint density at radius 1 is 1.60 bits per heavy atom. The smallest absolute Gasteiger partial charge is 0.0870 e. The van der Waals surface area contributed by atoms with Gasteiger partial charge in [-0.3, -0.25) is 0 Å². The van der Waals surface area contributed by atoms with E-state index in [1.807, 2.05) is 0 Å². The molecule has 5 heteroatoms. The maximum atomic E-state index is 5.25. The molecule has 0 spiro atoms. The summed E-state index contributed by atoms with van der Waals surface area (Å²) in [6.07, 6.45) is 0. The highest BCUT2D eigenvalue weighted by Gasteiger charge is 1.89. The van der Waals surface area contributed by atoms with Crippen molar-refractivity contribution in [1.29, 1.82) is 0 Å². The third-order valence-electron chi connectivity index (χ3n) is 0. The standard InChI is InChI=1S/BI2PS/c1-4(2,3)5. The van der Waals surface area contributed by atoms with Crippen LogP contribution >= 0.6 is 45.3 Å². The molecule has 0 aliphatic carbocycles. The Hall–Kier alpha value is 2.17. The second-order valence-corrected chi connectivity index (χ2v) is 21.8. The molecule has 0 saturated carbocycles. The quantitative estimate of drug-likeness (QED) is 0.374. The fraction of sp³-hybridized carbons (Fsp3) is 0. The van der Waals surface area contributed by atoms with Gasteiger partial charge in [-0.2, -0.15) is 0 Å². The second-order valence-electron chi connectivity index (χ2n) is 0.502. The van der Waals surface area contributed by atoms with E-state index in [0.717, 1.165) is 0 Å². The predicted octanol–water partition coefficient (Wildman–Crippen LogP) is 2.25. The van der Waals surface area contributed by atoms with E-state index < -0.39 is 1.20 Å². The van der Waals surface area contributed by atoms with Crippen molar-refractivity contribution in [3.63, 3.8) is 0 Å². The average molecular weight is 328 g/mol. The number of halogens is 2. The summed E-state index contributed by atoms with van der Waals surface area (Å²) in [4.78, 5) is 0. The van der Waals surface area contributed by atoms with Gasteiger partial charge in [-0.25, -0.2) is 0 Å². The molecule has 28 valence electrons. The van der Waals surface area contributed by atoms with Gasteiger partial charge in [0.15, 0.2) is 7.57 Å². The monoisotopic (exact) mass is 328 g/mol. The van der Waals surface area contributed by atoms with E-state index in [0.29, 0.717) is 0 Å². The van der Waals surface area contributed by atoms with Crippen molar-refractivity contribution in [2.24, 2.45) is 0 Å². The van der Waals surface area contributed by atoms with Gasteiger partial charge < -0.3 is 0 Å². The highest BCUT2D eigenvalue weighted by Crippen LogP contribution is 2.58. The molecule has 2 radical (unpaired) electrons. The summed E-state index contributed by atoms with van der Waals surface area (Å²) in [5.74, 6) is 0. The zero-order valence-electron chi connectivity index (χ0n) is 2.19. The van der Waals surface area contributed by atoms with Gasteiger partial charge in [0.1, 0.15) is 0 Å². The molecule has 0 aliphatic rings. The predicted molar refractivity (Wildman–Crippen MR) is 48.1 cm³/mol. The maximum Gasteiger partial charge on any atom is 0.151 e. The van der Waals surface area contributed by atoms with Gasteiger partial charge in [0.2, 0.25) is 0 Å². The van der Waals surface area contributed by atoms with Crippen LogP contribution in [-0.4, -0.2) is 7.57 Å². The zero-order chi connectivity index (χ0) is 4.50. The Kier molecular flexibility index (Phi) is 3.55. The van der Waals surface area contributed by atoms with Crippen LogP contribution in [0.15, 0.2) is 0 Å². The van der Waals surface area contributed by atoms with E-state index in [1.54, 1.807) is 0 Å². The van der Waals surface area contributed by atoms with E-state index in [-0.39, 0.29) is 0 Å². The first kappa shape index (κ1) is 7.17. The molecule has 0 aromatic rings. The number of hydrogen-bond donors (Lipinski definition) is 0. The molecule has 0 amide bonds. The summed E-state index contributed by atoms with van der Waals surface area (Å²) in [7, 11) is 5.25. The van der Waals surface area contributed by atoms with Gasteiger partial charge in [0, 0.05) is 1.20 Å². The SMILES string of the molecule is [B]P(=S)(I)I. The van der Waals surface area contributed by atoms with E-state index >= 15 is 0 Å². The van der Waals surface area contributed by atoms with Crippen molar-refractivity contribution in [1.82, 2.24) is 0 Å². The van der Waals surface area contributed by atoms with Crippen molar-refractivity contribution in [3.8, 4) is 0 Å². The molecule has 0 fully saturated rings. The van der Waals surface area contributed by atoms with Crippen LogP contribution in [0.2, 0.25) is 0 Å². The third kappa shape index (κ3) is 22.8. The molecular formula is BI2PS.